The van der Waals surface area contributed by atoms with Crippen molar-refractivity contribution in [3.05, 3.63) is 36.4 Å². The molecule has 0 aromatic heterocycles. The minimum Gasteiger partial charge on any atom is -0.491 e. The van der Waals surface area contributed by atoms with E-state index >= 15 is 0 Å². The van der Waals surface area contributed by atoms with E-state index < -0.39 is 9.84 Å². The number of sulfone groups is 1. The first-order valence-corrected chi connectivity index (χ1v) is 11.7. The Labute approximate surface area is 164 Å². The van der Waals surface area contributed by atoms with Gasteiger partial charge in [0.2, 0.25) is 0 Å². The maximum Gasteiger partial charge on any atom is 0.176 e. The monoisotopic (exact) mass is 411 g/mol. The van der Waals surface area contributed by atoms with Crippen LogP contribution in [0.5, 0.6) is 5.75 Å². The molecule has 0 unspecified atom stereocenters. The number of fused-ring (bicyclic) bond motifs is 2. The quantitative estimate of drug-likeness (QED) is 0.618. The molecule has 0 N–H and O–H groups in total. The summed E-state index contributed by atoms with van der Waals surface area (Å²) in [5.41, 5.74) is 1.92. The Morgan fingerprint density at radius 2 is 1.96 bits per heavy atom. The molecule has 140 valence electrons. The molecule has 0 fully saturated rings. The van der Waals surface area contributed by atoms with E-state index in [2.05, 4.69) is 4.90 Å². The van der Waals surface area contributed by atoms with Gasteiger partial charge in [-0.05, 0) is 44.5 Å². The molecule has 26 heavy (non-hydrogen) atoms. The Morgan fingerprint density at radius 3 is 2.62 bits per heavy atom. The topological polar surface area (TPSA) is 46.6 Å². The van der Waals surface area contributed by atoms with Gasteiger partial charge >= 0.3 is 0 Å². The summed E-state index contributed by atoms with van der Waals surface area (Å²) >= 11 is 7.42. The first kappa shape index (κ1) is 19.4. The third-order valence-electron chi connectivity index (χ3n) is 3.97. The fourth-order valence-electron chi connectivity index (χ4n) is 2.95. The second-order valence-corrected chi connectivity index (χ2v) is 9.88. The molecular formula is C19H22ClNO3S2. The molecule has 2 aromatic rings. The van der Waals surface area contributed by atoms with Crippen LogP contribution in [0.1, 0.15) is 20.3 Å². The van der Waals surface area contributed by atoms with Crippen LogP contribution in [0.2, 0.25) is 0 Å². The lowest BCUT2D eigenvalue weighted by Crippen LogP contribution is -2.23. The van der Waals surface area contributed by atoms with Crippen molar-refractivity contribution in [3.8, 4) is 5.75 Å². The van der Waals surface area contributed by atoms with Gasteiger partial charge < -0.3 is 9.64 Å². The van der Waals surface area contributed by atoms with Crippen LogP contribution in [0.3, 0.4) is 0 Å². The van der Waals surface area contributed by atoms with Crippen molar-refractivity contribution in [1.29, 1.82) is 0 Å². The fraction of sp³-hybridized carbons (Fsp3) is 0.368. The molecular weight excluding hydrogens is 390 g/mol. The van der Waals surface area contributed by atoms with Crippen molar-refractivity contribution in [2.45, 2.75) is 41.1 Å². The van der Waals surface area contributed by atoms with Crippen molar-refractivity contribution >= 4 is 44.6 Å². The van der Waals surface area contributed by atoms with E-state index in [1.165, 1.54) is 18.0 Å². The van der Waals surface area contributed by atoms with E-state index in [9.17, 15) is 8.42 Å². The zero-order valence-corrected chi connectivity index (χ0v) is 17.4. The smallest absolute Gasteiger partial charge is 0.176 e. The average molecular weight is 412 g/mol. The van der Waals surface area contributed by atoms with Gasteiger partial charge in [-0.25, -0.2) is 8.42 Å². The van der Waals surface area contributed by atoms with Gasteiger partial charge in [-0.3, -0.25) is 0 Å². The van der Waals surface area contributed by atoms with E-state index in [1.54, 1.807) is 12.1 Å². The number of hydrogen-bond acceptors (Lipinski definition) is 5. The van der Waals surface area contributed by atoms with Crippen LogP contribution >= 0.6 is 23.4 Å². The zero-order valence-electron chi connectivity index (χ0n) is 15.0. The maximum atomic E-state index is 12.2. The van der Waals surface area contributed by atoms with Gasteiger partial charge in [0.15, 0.2) is 9.84 Å². The lowest BCUT2D eigenvalue weighted by molar-refractivity contribution is 0.242. The van der Waals surface area contributed by atoms with Gasteiger partial charge in [0, 0.05) is 29.6 Å². The summed E-state index contributed by atoms with van der Waals surface area (Å²) < 4.78 is 30.3. The lowest BCUT2D eigenvalue weighted by atomic mass is 10.2. The molecule has 0 radical (unpaired) electrons. The van der Waals surface area contributed by atoms with Gasteiger partial charge in [-0.1, -0.05) is 17.8 Å². The van der Waals surface area contributed by atoms with Crippen molar-refractivity contribution in [3.63, 3.8) is 0 Å². The van der Waals surface area contributed by atoms with Crippen molar-refractivity contribution in [2.24, 2.45) is 0 Å². The fourth-order valence-corrected chi connectivity index (χ4v) is 5.50. The highest BCUT2D eigenvalue weighted by molar-refractivity contribution is 8.00. The molecule has 0 aliphatic carbocycles. The second-order valence-electron chi connectivity index (χ2n) is 6.47. The van der Waals surface area contributed by atoms with Crippen LogP contribution in [0, 0.1) is 0 Å². The molecule has 0 saturated heterocycles. The van der Waals surface area contributed by atoms with E-state index in [-0.39, 0.29) is 6.10 Å². The normalized spacial score (nSPS) is 13.5. The minimum absolute atomic E-state index is 0.0877. The molecule has 0 amide bonds. The van der Waals surface area contributed by atoms with Crippen LogP contribution in [-0.4, -0.2) is 33.2 Å². The number of rotatable bonds is 6. The molecule has 0 saturated carbocycles. The van der Waals surface area contributed by atoms with Crippen LogP contribution in [0.15, 0.2) is 51.1 Å². The molecule has 0 bridgehead atoms. The number of nitrogens with zero attached hydrogens (tertiary/aromatic N) is 1. The first-order valence-electron chi connectivity index (χ1n) is 8.46. The van der Waals surface area contributed by atoms with Gasteiger partial charge in [0.1, 0.15) is 5.75 Å². The Balaban J connectivity index is 2.13. The molecule has 0 spiro atoms. The van der Waals surface area contributed by atoms with E-state index in [0.29, 0.717) is 17.3 Å². The van der Waals surface area contributed by atoms with E-state index in [1.807, 2.05) is 38.1 Å². The number of hydrogen-bond donors (Lipinski definition) is 0. The number of halogens is 1. The summed E-state index contributed by atoms with van der Waals surface area (Å²) in [7, 11) is -3.31. The van der Waals surface area contributed by atoms with Crippen molar-refractivity contribution < 1.29 is 13.2 Å². The van der Waals surface area contributed by atoms with Crippen LogP contribution in [0.25, 0.3) is 0 Å². The second kappa shape index (κ2) is 7.71. The van der Waals surface area contributed by atoms with Gasteiger partial charge in [0.05, 0.1) is 27.3 Å². The minimum atomic E-state index is -3.31. The molecule has 1 aliphatic heterocycles. The van der Waals surface area contributed by atoms with Crippen LogP contribution in [0.4, 0.5) is 11.4 Å². The molecule has 2 aromatic carbocycles. The summed E-state index contributed by atoms with van der Waals surface area (Å²) in [6.07, 6.45) is 2.13. The first-order chi connectivity index (χ1) is 12.3. The Hall–Kier alpha value is -1.37. The van der Waals surface area contributed by atoms with Gasteiger partial charge in [-0.15, -0.1) is 11.6 Å². The summed E-state index contributed by atoms with van der Waals surface area (Å²) in [5.74, 6) is 1.35. The number of alkyl halides is 1. The molecule has 1 heterocycles. The van der Waals surface area contributed by atoms with Gasteiger partial charge in [0.25, 0.3) is 0 Å². The van der Waals surface area contributed by atoms with Crippen molar-refractivity contribution in [2.75, 3.05) is 23.6 Å². The highest BCUT2D eigenvalue weighted by Gasteiger charge is 2.28. The molecule has 0 atom stereocenters. The SMILES string of the molecule is CC(C)Oc1ccc2c(c1)N(CCCCl)c1cccc(S(C)(=O)=O)c1S2. The standard InChI is InChI=1S/C19H22ClNO3S2/c1-13(2)24-14-8-9-17-16(12-14)21(11-5-10-20)15-6-4-7-18(19(15)25-17)26(3,22)23/h4,6-9,12-13H,5,10-11H2,1-3H3. The summed E-state index contributed by atoms with van der Waals surface area (Å²) in [4.78, 5) is 4.30. The Kier molecular flexibility index (Phi) is 5.75. The number of anilines is 2. The lowest BCUT2D eigenvalue weighted by Gasteiger charge is -2.34. The summed E-state index contributed by atoms with van der Waals surface area (Å²) in [6.45, 7) is 4.70. The molecule has 1 aliphatic rings. The maximum absolute atomic E-state index is 12.2. The highest BCUT2D eigenvalue weighted by Crippen LogP contribution is 2.51. The molecule has 3 rings (SSSR count). The summed E-state index contributed by atoms with van der Waals surface area (Å²) in [5, 5.41) is 0. The van der Waals surface area contributed by atoms with E-state index in [4.69, 9.17) is 16.3 Å². The predicted octanol–water partition coefficient (Wildman–Crippen LogP) is 5.11. The zero-order chi connectivity index (χ0) is 18.9. The predicted molar refractivity (Wildman–Crippen MR) is 108 cm³/mol. The number of benzene rings is 2. The van der Waals surface area contributed by atoms with Crippen LogP contribution < -0.4 is 9.64 Å². The Bertz CT molecular complexity index is 913. The van der Waals surface area contributed by atoms with Crippen molar-refractivity contribution in [1.82, 2.24) is 0 Å². The third-order valence-corrected chi connectivity index (χ3v) is 6.70. The van der Waals surface area contributed by atoms with Gasteiger partial charge in [-0.2, -0.15) is 0 Å². The molecule has 4 nitrogen and oxygen atoms in total. The van der Waals surface area contributed by atoms with E-state index in [0.717, 1.165) is 33.3 Å². The van der Waals surface area contributed by atoms with Crippen LogP contribution in [-0.2, 0) is 9.84 Å². The largest absolute Gasteiger partial charge is 0.491 e. The Morgan fingerprint density at radius 1 is 1.19 bits per heavy atom. The average Bonchev–Trinajstić information content (AvgIpc) is 2.57. The third kappa shape index (κ3) is 3.97. The molecule has 7 heteroatoms. The highest BCUT2D eigenvalue weighted by atomic mass is 35.5. The number of ether oxygens (including phenoxy) is 1. The summed E-state index contributed by atoms with van der Waals surface area (Å²) in [6, 6.07) is 11.4.